The highest BCUT2D eigenvalue weighted by Crippen LogP contribution is 2.35. The van der Waals surface area contributed by atoms with Gasteiger partial charge in [-0.15, -0.1) is 0 Å². The summed E-state index contributed by atoms with van der Waals surface area (Å²) in [7, 11) is -4.26. The molecular formula is C12H10F3N3O2S. The number of nitrogen functional groups attached to an aromatic ring is 1. The molecule has 5 nitrogen and oxygen atoms in total. The first-order valence-corrected chi connectivity index (χ1v) is 7.08. The minimum atomic E-state index is -4.68. The second-order valence-electron chi connectivity index (χ2n) is 4.06. The number of nitrogens with one attached hydrogen (secondary N) is 1. The molecule has 0 bridgehead atoms. The van der Waals surface area contributed by atoms with Crippen LogP contribution in [0.5, 0.6) is 0 Å². The maximum Gasteiger partial charge on any atom is 0.418 e. The molecule has 0 unspecified atom stereocenters. The second-order valence-corrected chi connectivity index (χ2v) is 5.71. The van der Waals surface area contributed by atoms with E-state index in [9.17, 15) is 21.6 Å². The molecular weight excluding hydrogens is 307 g/mol. The Bertz CT molecular complexity index is 760. The summed E-state index contributed by atoms with van der Waals surface area (Å²) >= 11 is 0. The van der Waals surface area contributed by atoms with E-state index in [-0.39, 0.29) is 10.6 Å². The highest BCUT2D eigenvalue weighted by atomic mass is 32.2. The van der Waals surface area contributed by atoms with E-state index in [0.29, 0.717) is 0 Å². The van der Waals surface area contributed by atoms with Crippen molar-refractivity contribution in [3.8, 4) is 0 Å². The molecule has 21 heavy (non-hydrogen) atoms. The van der Waals surface area contributed by atoms with Crippen LogP contribution in [0, 0.1) is 0 Å². The van der Waals surface area contributed by atoms with Crippen LogP contribution in [0.25, 0.3) is 0 Å². The number of rotatable bonds is 3. The lowest BCUT2D eigenvalue weighted by molar-refractivity contribution is -0.136. The summed E-state index contributed by atoms with van der Waals surface area (Å²) in [6, 6.07) is 5.50. The Kier molecular flexibility index (Phi) is 3.77. The molecule has 0 fully saturated rings. The van der Waals surface area contributed by atoms with Gasteiger partial charge in [0.25, 0.3) is 10.0 Å². The quantitative estimate of drug-likeness (QED) is 0.911. The van der Waals surface area contributed by atoms with Gasteiger partial charge in [0.1, 0.15) is 4.90 Å². The van der Waals surface area contributed by atoms with Crippen LogP contribution in [-0.4, -0.2) is 13.4 Å². The number of halogens is 3. The van der Waals surface area contributed by atoms with E-state index in [1.54, 1.807) is 0 Å². The van der Waals surface area contributed by atoms with Crippen LogP contribution in [0.15, 0.2) is 47.6 Å². The summed E-state index contributed by atoms with van der Waals surface area (Å²) in [4.78, 5) is 3.22. The van der Waals surface area contributed by atoms with E-state index >= 15 is 0 Å². The van der Waals surface area contributed by atoms with Crippen molar-refractivity contribution in [1.29, 1.82) is 0 Å². The monoisotopic (exact) mass is 317 g/mol. The van der Waals surface area contributed by atoms with Crippen molar-refractivity contribution in [2.45, 2.75) is 11.1 Å². The first-order chi connectivity index (χ1) is 9.72. The number of anilines is 2. The molecule has 0 saturated heterocycles. The zero-order valence-electron chi connectivity index (χ0n) is 10.4. The van der Waals surface area contributed by atoms with Gasteiger partial charge < -0.3 is 5.73 Å². The number of para-hydroxylation sites is 1. The lowest BCUT2D eigenvalue weighted by Gasteiger charge is -2.15. The number of hydrogen-bond donors (Lipinski definition) is 2. The smallest absolute Gasteiger partial charge is 0.398 e. The first kappa shape index (κ1) is 15.1. The van der Waals surface area contributed by atoms with E-state index < -0.39 is 27.5 Å². The first-order valence-electron chi connectivity index (χ1n) is 5.60. The van der Waals surface area contributed by atoms with Crippen molar-refractivity contribution in [3.05, 3.63) is 48.3 Å². The Morgan fingerprint density at radius 2 is 1.81 bits per heavy atom. The zero-order chi connectivity index (χ0) is 15.7. The van der Waals surface area contributed by atoms with Gasteiger partial charge in [0.2, 0.25) is 0 Å². The number of sulfonamides is 1. The van der Waals surface area contributed by atoms with Crippen molar-refractivity contribution in [1.82, 2.24) is 4.98 Å². The van der Waals surface area contributed by atoms with E-state index in [0.717, 1.165) is 18.3 Å². The van der Waals surface area contributed by atoms with Crippen LogP contribution >= 0.6 is 0 Å². The van der Waals surface area contributed by atoms with Crippen LogP contribution in [0.1, 0.15) is 5.56 Å². The SMILES string of the molecule is Nc1ccncc1S(=O)(=O)Nc1ccccc1C(F)(F)F. The average Bonchev–Trinajstić information content (AvgIpc) is 2.38. The Morgan fingerprint density at radius 1 is 1.14 bits per heavy atom. The molecule has 0 aliphatic carbocycles. The fourth-order valence-corrected chi connectivity index (χ4v) is 2.79. The molecule has 1 aromatic carbocycles. The van der Waals surface area contributed by atoms with Gasteiger partial charge in [-0.1, -0.05) is 12.1 Å². The Morgan fingerprint density at radius 3 is 2.43 bits per heavy atom. The van der Waals surface area contributed by atoms with E-state index in [1.165, 1.54) is 24.4 Å². The van der Waals surface area contributed by atoms with Gasteiger partial charge in [0.05, 0.1) is 16.9 Å². The van der Waals surface area contributed by atoms with E-state index in [4.69, 9.17) is 5.73 Å². The van der Waals surface area contributed by atoms with Crippen molar-refractivity contribution in [2.24, 2.45) is 0 Å². The van der Waals surface area contributed by atoms with Gasteiger partial charge in [-0.3, -0.25) is 9.71 Å². The third-order valence-corrected chi connectivity index (χ3v) is 3.99. The van der Waals surface area contributed by atoms with Gasteiger partial charge in [-0.05, 0) is 18.2 Å². The predicted octanol–water partition coefficient (Wildman–Crippen LogP) is 2.48. The molecule has 2 aromatic rings. The third kappa shape index (κ3) is 3.24. The molecule has 1 heterocycles. The Balaban J connectivity index is 2.46. The van der Waals surface area contributed by atoms with Gasteiger partial charge in [-0.25, -0.2) is 8.42 Å². The molecule has 1 aromatic heterocycles. The topological polar surface area (TPSA) is 85.1 Å². The number of benzene rings is 1. The van der Waals surface area contributed by atoms with Gasteiger partial charge in [0, 0.05) is 12.4 Å². The molecule has 2 rings (SSSR count). The highest BCUT2D eigenvalue weighted by molar-refractivity contribution is 7.92. The zero-order valence-corrected chi connectivity index (χ0v) is 11.2. The second kappa shape index (κ2) is 5.24. The number of hydrogen-bond acceptors (Lipinski definition) is 4. The van der Waals surface area contributed by atoms with Crippen molar-refractivity contribution in [2.75, 3.05) is 10.5 Å². The predicted molar refractivity (Wildman–Crippen MR) is 70.9 cm³/mol. The van der Waals surface area contributed by atoms with Crippen molar-refractivity contribution < 1.29 is 21.6 Å². The molecule has 0 saturated carbocycles. The molecule has 3 N–H and O–H groups in total. The summed E-state index contributed by atoms with van der Waals surface area (Å²) < 4.78 is 64.6. The average molecular weight is 317 g/mol. The Hall–Kier alpha value is -2.29. The van der Waals surface area contributed by atoms with Gasteiger partial charge in [0.15, 0.2) is 0 Å². The van der Waals surface area contributed by atoms with Crippen LogP contribution in [-0.2, 0) is 16.2 Å². The number of alkyl halides is 3. The highest BCUT2D eigenvalue weighted by Gasteiger charge is 2.34. The molecule has 0 spiro atoms. The van der Waals surface area contributed by atoms with Gasteiger partial charge >= 0.3 is 6.18 Å². The summed E-state index contributed by atoms with van der Waals surface area (Å²) in [5, 5.41) is 0. The van der Waals surface area contributed by atoms with Crippen molar-refractivity contribution in [3.63, 3.8) is 0 Å². The molecule has 0 radical (unpaired) electrons. The van der Waals surface area contributed by atoms with Crippen LogP contribution in [0.2, 0.25) is 0 Å². The summed E-state index contributed by atoms with van der Waals surface area (Å²) in [6.45, 7) is 0. The van der Waals surface area contributed by atoms with E-state index in [2.05, 4.69) is 4.98 Å². The van der Waals surface area contributed by atoms with Crippen LogP contribution in [0.3, 0.4) is 0 Å². The lowest BCUT2D eigenvalue weighted by atomic mass is 10.2. The number of pyridine rings is 1. The van der Waals surface area contributed by atoms with E-state index in [1.807, 2.05) is 4.72 Å². The molecule has 0 atom stereocenters. The molecule has 0 aliphatic heterocycles. The summed E-state index contributed by atoms with van der Waals surface area (Å²) in [5.41, 5.74) is 3.73. The fourth-order valence-electron chi connectivity index (χ4n) is 1.63. The number of nitrogens with zero attached hydrogens (tertiary/aromatic N) is 1. The molecule has 0 aliphatic rings. The largest absolute Gasteiger partial charge is 0.418 e. The number of aromatic nitrogens is 1. The molecule has 0 amide bonds. The Labute approximate surface area is 118 Å². The summed E-state index contributed by atoms with van der Waals surface area (Å²) in [6.07, 6.45) is -2.44. The third-order valence-electron chi connectivity index (χ3n) is 2.58. The lowest BCUT2D eigenvalue weighted by Crippen LogP contribution is -2.18. The normalized spacial score (nSPS) is 12.1. The maximum atomic E-state index is 12.8. The minimum absolute atomic E-state index is 0.109. The van der Waals surface area contributed by atoms with Crippen LogP contribution < -0.4 is 10.5 Å². The maximum absolute atomic E-state index is 12.8. The minimum Gasteiger partial charge on any atom is -0.398 e. The van der Waals surface area contributed by atoms with Gasteiger partial charge in [-0.2, -0.15) is 13.2 Å². The standard InChI is InChI=1S/C12H10F3N3O2S/c13-12(14,15)8-3-1-2-4-10(8)18-21(19,20)11-7-17-6-5-9(11)16/h1-7,18H,(H2,16,17). The number of nitrogens with two attached hydrogens (primary N) is 1. The fraction of sp³-hybridized carbons (Fsp3) is 0.0833. The molecule has 112 valence electrons. The molecule has 9 heteroatoms. The summed E-state index contributed by atoms with van der Waals surface area (Å²) in [5.74, 6) is 0. The van der Waals surface area contributed by atoms with Crippen molar-refractivity contribution >= 4 is 21.4 Å². The van der Waals surface area contributed by atoms with Crippen LogP contribution in [0.4, 0.5) is 24.5 Å².